The average Bonchev–Trinajstić information content (AvgIpc) is 2.98. The summed E-state index contributed by atoms with van der Waals surface area (Å²) in [7, 11) is 3.22. The molecule has 0 N–H and O–H groups in total. The second kappa shape index (κ2) is 7.87. The van der Waals surface area contributed by atoms with E-state index in [-0.39, 0.29) is 5.91 Å². The van der Waals surface area contributed by atoms with Gasteiger partial charge in [-0.25, -0.2) is 0 Å². The Morgan fingerprint density at radius 1 is 1.08 bits per heavy atom. The molecule has 0 aromatic heterocycles. The summed E-state index contributed by atoms with van der Waals surface area (Å²) in [6.07, 6.45) is 3.47. The number of benzene rings is 2. The van der Waals surface area contributed by atoms with Crippen molar-refractivity contribution in [1.29, 1.82) is 0 Å². The molecule has 5 heteroatoms. The number of nitrogens with zero attached hydrogens (tertiary/aromatic N) is 2. The van der Waals surface area contributed by atoms with E-state index in [0.29, 0.717) is 17.1 Å². The van der Waals surface area contributed by atoms with Crippen molar-refractivity contribution in [3.63, 3.8) is 0 Å². The first-order valence-corrected chi connectivity index (χ1v) is 8.59. The molecule has 3 rings (SSSR count). The molecule has 0 atom stereocenters. The van der Waals surface area contributed by atoms with Crippen molar-refractivity contribution in [3.05, 3.63) is 59.7 Å². The van der Waals surface area contributed by atoms with E-state index in [4.69, 9.17) is 9.47 Å². The fraction of sp³-hybridized carbons (Fsp3) is 0.238. The highest BCUT2D eigenvalue weighted by atomic mass is 16.5. The van der Waals surface area contributed by atoms with Gasteiger partial charge in [0.2, 0.25) is 0 Å². The lowest BCUT2D eigenvalue weighted by molar-refractivity contribution is -0.114. The van der Waals surface area contributed by atoms with Crippen molar-refractivity contribution in [2.45, 2.75) is 19.8 Å². The minimum absolute atomic E-state index is 0.135. The maximum atomic E-state index is 13.0. The van der Waals surface area contributed by atoms with Gasteiger partial charge < -0.3 is 9.47 Å². The molecule has 0 saturated carbocycles. The van der Waals surface area contributed by atoms with Gasteiger partial charge in [0, 0.05) is 5.56 Å². The van der Waals surface area contributed by atoms with Gasteiger partial charge in [-0.3, -0.25) is 4.79 Å². The maximum Gasteiger partial charge on any atom is 0.280 e. The first-order chi connectivity index (χ1) is 12.7. The summed E-state index contributed by atoms with van der Waals surface area (Å²) in [5.41, 5.74) is 2.91. The Hall–Kier alpha value is -3.08. The van der Waals surface area contributed by atoms with Crippen LogP contribution in [-0.2, 0) is 4.79 Å². The summed E-state index contributed by atoms with van der Waals surface area (Å²) in [6.45, 7) is 2.07. The Bertz CT molecular complexity index is 857. The number of carbonyl (C=O) groups is 1. The SMILES string of the molecule is CCCC1=NN(c2ccccc2)C(=O)/C1=C\c1cc(OC)ccc1OC. The molecule has 0 fully saturated rings. The molecule has 2 aromatic carbocycles. The Morgan fingerprint density at radius 2 is 1.85 bits per heavy atom. The van der Waals surface area contributed by atoms with Gasteiger partial charge in [-0.2, -0.15) is 10.1 Å². The molecule has 1 aliphatic rings. The highest BCUT2D eigenvalue weighted by Gasteiger charge is 2.30. The third kappa shape index (κ3) is 3.47. The molecule has 1 aliphatic heterocycles. The fourth-order valence-electron chi connectivity index (χ4n) is 2.88. The van der Waals surface area contributed by atoms with Crippen LogP contribution in [0.4, 0.5) is 5.69 Å². The van der Waals surface area contributed by atoms with Crippen LogP contribution in [0.3, 0.4) is 0 Å². The third-order valence-corrected chi connectivity index (χ3v) is 4.18. The molecule has 0 spiro atoms. The van der Waals surface area contributed by atoms with Gasteiger partial charge >= 0.3 is 0 Å². The second-order valence-electron chi connectivity index (χ2n) is 5.92. The van der Waals surface area contributed by atoms with Gasteiger partial charge in [-0.1, -0.05) is 31.5 Å². The Balaban J connectivity index is 2.04. The number of anilines is 1. The summed E-state index contributed by atoms with van der Waals surface area (Å²) in [5, 5.41) is 6.03. The van der Waals surface area contributed by atoms with Crippen LogP contribution in [0.15, 0.2) is 59.2 Å². The van der Waals surface area contributed by atoms with E-state index < -0.39 is 0 Å². The van der Waals surface area contributed by atoms with Crippen LogP contribution < -0.4 is 14.5 Å². The molecule has 2 aromatic rings. The van der Waals surface area contributed by atoms with Crippen molar-refractivity contribution in [3.8, 4) is 11.5 Å². The quantitative estimate of drug-likeness (QED) is 0.730. The number of carbonyl (C=O) groups excluding carboxylic acids is 1. The van der Waals surface area contributed by atoms with E-state index in [1.807, 2.05) is 54.6 Å². The lowest BCUT2D eigenvalue weighted by Gasteiger charge is -2.11. The van der Waals surface area contributed by atoms with Crippen molar-refractivity contribution < 1.29 is 14.3 Å². The number of methoxy groups -OCH3 is 2. The zero-order valence-corrected chi connectivity index (χ0v) is 15.2. The van der Waals surface area contributed by atoms with Gasteiger partial charge in [0.05, 0.1) is 31.2 Å². The smallest absolute Gasteiger partial charge is 0.280 e. The molecule has 0 radical (unpaired) electrons. The van der Waals surface area contributed by atoms with Gasteiger partial charge in [0.1, 0.15) is 11.5 Å². The average molecular weight is 350 g/mol. The zero-order valence-electron chi connectivity index (χ0n) is 15.2. The molecular formula is C21H22N2O3. The van der Waals surface area contributed by atoms with Crippen molar-refractivity contribution in [2.75, 3.05) is 19.2 Å². The van der Waals surface area contributed by atoms with Crippen LogP contribution in [0, 0.1) is 0 Å². The van der Waals surface area contributed by atoms with Gasteiger partial charge in [-0.15, -0.1) is 0 Å². The van der Waals surface area contributed by atoms with E-state index in [9.17, 15) is 4.79 Å². The molecular weight excluding hydrogens is 328 g/mol. The van der Waals surface area contributed by atoms with E-state index in [2.05, 4.69) is 12.0 Å². The van der Waals surface area contributed by atoms with E-state index in [1.54, 1.807) is 14.2 Å². The molecule has 134 valence electrons. The van der Waals surface area contributed by atoms with E-state index in [1.165, 1.54) is 5.01 Å². The van der Waals surface area contributed by atoms with E-state index >= 15 is 0 Å². The molecule has 0 unspecified atom stereocenters. The van der Waals surface area contributed by atoms with Crippen LogP contribution in [0.25, 0.3) is 6.08 Å². The van der Waals surface area contributed by atoms with Crippen molar-refractivity contribution in [1.82, 2.24) is 0 Å². The highest BCUT2D eigenvalue weighted by Crippen LogP contribution is 2.30. The number of ether oxygens (including phenoxy) is 2. The fourth-order valence-corrected chi connectivity index (χ4v) is 2.88. The largest absolute Gasteiger partial charge is 0.497 e. The second-order valence-corrected chi connectivity index (χ2v) is 5.92. The molecule has 0 aliphatic carbocycles. The van der Waals surface area contributed by atoms with Crippen LogP contribution in [0.2, 0.25) is 0 Å². The predicted molar refractivity (Wildman–Crippen MR) is 104 cm³/mol. The summed E-state index contributed by atoms with van der Waals surface area (Å²) in [6, 6.07) is 15.0. The minimum atomic E-state index is -0.135. The number of hydrogen-bond donors (Lipinski definition) is 0. The first-order valence-electron chi connectivity index (χ1n) is 8.59. The molecule has 26 heavy (non-hydrogen) atoms. The Kier molecular flexibility index (Phi) is 5.37. The number of para-hydroxylation sites is 1. The monoisotopic (exact) mass is 350 g/mol. The standard InChI is InChI=1S/C21H22N2O3/c1-4-8-19-18(14-15-13-17(25-2)11-12-20(15)26-3)21(24)23(22-19)16-9-6-5-7-10-16/h5-7,9-14H,4,8H2,1-3H3/b18-14-. The lowest BCUT2D eigenvalue weighted by Crippen LogP contribution is -2.21. The lowest BCUT2D eigenvalue weighted by atomic mass is 10.0. The van der Waals surface area contributed by atoms with Crippen molar-refractivity contribution in [2.24, 2.45) is 5.10 Å². The van der Waals surface area contributed by atoms with Gasteiger partial charge in [0.25, 0.3) is 5.91 Å². The summed E-state index contributed by atoms with van der Waals surface area (Å²) in [4.78, 5) is 13.0. The van der Waals surface area contributed by atoms with Crippen molar-refractivity contribution >= 4 is 23.4 Å². The van der Waals surface area contributed by atoms with Gasteiger partial charge in [0.15, 0.2) is 0 Å². The normalized spacial score (nSPS) is 15.3. The van der Waals surface area contributed by atoms with E-state index in [0.717, 1.165) is 29.8 Å². The van der Waals surface area contributed by atoms with Crippen LogP contribution in [-0.4, -0.2) is 25.8 Å². The topological polar surface area (TPSA) is 51.1 Å². The predicted octanol–water partition coefficient (Wildman–Crippen LogP) is 4.29. The first kappa shape index (κ1) is 17.7. The number of hydrazone groups is 1. The van der Waals surface area contributed by atoms with Crippen LogP contribution in [0.1, 0.15) is 25.3 Å². The van der Waals surface area contributed by atoms with Crippen LogP contribution >= 0.6 is 0 Å². The molecule has 5 nitrogen and oxygen atoms in total. The number of amides is 1. The molecule has 1 amide bonds. The van der Waals surface area contributed by atoms with Gasteiger partial charge in [-0.05, 0) is 42.8 Å². The number of hydrogen-bond acceptors (Lipinski definition) is 4. The summed E-state index contributed by atoms with van der Waals surface area (Å²) in [5.74, 6) is 1.25. The Morgan fingerprint density at radius 3 is 2.50 bits per heavy atom. The Labute approximate surface area is 153 Å². The van der Waals surface area contributed by atoms with Crippen LogP contribution in [0.5, 0.6) is 11.5 Å². The highest BCUT2D eigenvalue weighted by molar-refractivity contribution is 6.32. The summed E-state index contributed by atoms with van der Waals surface area (Å²) >= 11 is 0. The summed E-state index contributed by atoms with van der Waals surface area (Å²) < 4.78 is 10.7. The zero-order chi connectivity index (χ0) is 18.5. The third-order valence-electron chi connectivity index (χ3n) is 4.18. The minimum Gasteiger partial charge on any atom is -0.497 e. The maximum absolute atomic E-state index is 13.0. The molecule has 0 bridgehead atoms. The number of rotatable bonds is 6. The molecule has 0 saturated heterocycles. The molecule has 1 heterocycles.